The summed E-state index contributed by atoms with van der Waals surface area (Å²) in [6.45, 7) is 3.15. The Morgan fingerprint density at radius 2 is 2.32 bits per heavy atom. The number of carbonyl (C=O) groups is 1. The minimum Gasteiger partial charge on any atom is -0.481 e. The van der Waals surface area contributed by atoms with Gasteiger partial charge in [0.1, 0.15) is 11.6 Å². The Labute approximate surface area is 108 Å². The number of nitro groups is 1. The normalized spacial score (nSPS) is 10.6. The first-order valence-corrected chi connectivity index (χ1v) is 5.30. The Balaban J connectivity index is 3.18. The number of nitriles is 1. The van der Waals surface area contributed by atoms with Gasteiger partial charge in [0.2, 0.25) is 5.82 Å². The van der Waals surface area contributed by atoms with E-state index in [0.29, 0.717) is 0 Å². The number of carboxylic acids is 1. The van der Waals surface area contributed by atoms with E-state index in [1.807, 2.05) is 0 Å². The summed E-state index contributed by atoms with van der Waals surface area (Å²) < 4.78 is 0. The number of carboxylic acid groups (broad SMARTS) is 1. The van der Waals surface area contributed by atoms with Crippen molar-refractivity contribution in [2.45, 2.75) is 25.8 Å². The number of hydrogen-bond donors (Lipinski definition) is 2. The van der Waals surface area contributed by atoms with Crippen molar-refractivity contribution in [3.8, 4) is 6.07 Å². The van der Waals surface area contributed by atoms with Crippen molar-refractivity contribution >= 4 is 17.5 Å². The van der Waals surface area contributed by atoms with Crippen LogP contribution in [0.3, 0.4) is 0 Å². The Hall–Kier alpha value is -2.69. The summed E-state index contributed by atoms with van der Waals surface area (Å²) in [5.74, 6) is -1.16. The van der Waals surface area contributed by atoms with E-state index < -0.39 is 22.1 Å². The first-order chi connectivity index (χ1) is 8.76. The molecule has 1 rings (SSSR count). The van der Waals surface area contributed by atoms with Crippen LogP contribution in [0.1, 0.15) is 25.8 Å². The summed E-state index contributed by atoms with van der Waals surface area (Å²) >= 11 is 0. The average molecular weight is 264 g/mol. The predicted molar refractivity (Wildman–Crippen MR) is 65.6 cm³/mol. The van der Waals surface area contributed by atoms with Gasteiger partial charge in [0.05, 0.1) is 11.3 Å². The van der Waals surface area contributed by atoms with Crippen molar-refractivity contribution in [3.63, 3.8) is 0 Å². The lowest BCUT2D eigenvalue weighted by Crippen LogP contribution is -2.34. The molecule has 8 nitrogen and oxygen atoms in total. The van der Waals surface area contributed by atoms with E-state index in [1.54, 1.807) is 19.9 Å². The lowest BCUT2D eigenvalue weighted by atomic mass is 10.0. The number of nitrogens with one attached hydrogen (secondary N) is 1. The van der Waals surface area contributed by atoms with Crippen LogP contribution in [-0.2, 0) is 4.79 Å². The maximum absolute atomic E-state index is 11.0. The van der Waals surface area contributed by atoms with Gasteiger partial charge in [0, 0.05) is 11.7 Å². The maximum atomic E-state index is 11.0. The first-order valence-electron chi connectivity index (χ1n) is 5.30. The molecule has 19 heavy (non-hydrogen) atoms. The van der Waals surface area contributed by atoms with Gasteiger partial charge in [-0.1, -0.05) is 0 Å². The van der Waals surface area contributed by atoms with E-state index in [1.165, 1.54) is 12.3 Å². The van der Waals surface area contributed by atoms with Crippen LogP contribution in [0, 0.1) is 21.4 Å². The van der Waals surface area contributed by atoms with Crippen molar-refractivity contribution < 1.29 is 14.8 Å². The zero-order valence-electron chi connectivity index (χ0n) is 10.4. The summed E-state index contributed by atoms with van der Waals surface area (Å²) in [5, 5.41) is 31.2. The molecule has 8 heteroatoms. The van der Waals surface area contributed by atoms with Crippen molar-refractivity contribution in [3.05, 3.63) is 27.9 Å². The van der Waals surface area contributed by atoms with E-state index >= 15 is 0 Å². The lowest BCUT2D eigenvalue weighted by molar-refractivity contribution is -0.384. The summed E-state index contributed by atoms with van der Waals surface area (Å²) in [7, 11) is 0. The maximum Gasteiger partial charge on any atom is 0.328 e. The lowest BCUT2D eigenvalue weighted by Gasteiger charge is -2.24. The molecule has 1 heterocycles. The molecule has 0 saturated carbocycles. The highest BCUT2D eigenvalue weighted by molar-refractivity contribution is 5.70. The molecule has 100 valence electrons. The van der Waals surface area contributed by atoms with Gasteiger partial charge in [0.15, 0.2) is 0 Å². The standard InChI is InChI=1S/C11H12N4O4/c1-11(2,5-8(16)17)14-10-9(15(18)19)7(6-12)3-4-13-10/h3-4H,5H2,1-2H3,(H,13,14)(H,16,17). The molecule has 0 spiro atoms. The number of nitrogens with zero attached hydrogens (tertiary/aromatic N) is 3. The quantitative estimate of drug-likeness (QED) is 0.609. The number of rotatable bonds is 5. The van der Waals surface area contributed by atoms with Crippen molar-refractivity contribution in [2.75, 3.05) is 5.32 Å². The van der Waals surface area contributed by atoms with Crippen molar-refractivity contribution in [1.29, 1.82) is 5.26 Å². The van der Waals surface area contributed by atoms with Crippen LogP contribution < -0.4 is 5.32 Å². The zero-order valence-corrected chi connectivity index (χ0v) is 10.4. The van der Waals surface area contributed by atoms with E-state index in [9.17, 15) is 14.9 Å². The minimum absolute atomic E-state index is 0.115. The van der Waals surface area contributed by atoms with E-state index in [4.69, 9.17) is 10.4 Å². The van der Waals surface area contributed by atoms with E-state index in [0.717, 1.165) is 0 Å². The molecular weight excluding hydrogens is 252 g/mol. The first kappa shape index (κ1) is 14.4. The number of hydrogen-bond acceptors (Lipinski definition) is 6. The molecular formula is C11H12N4O4. The fourth-order valence-corrected chi connectivity index (χ4v) is 1.56. The van der Waals surface area contributed by atoms with Gasteiger partial charge in [-0.2, -0.15) is 5.26 Å². The molecule has 0 bridgehead atoms. The Bertz CT molecular complexity index is 562. The second-order valence-corrected chi connectivity index (χ2v) is 4.50. The molecule has 0 radical (unpaired) electrons. The predicted octanol–water partition coefficient (Wildman–Crippen LogP) is 1.53. The molecule has 1 aromatic heterocycles. The van der Waals surface area contributed by atoms with Crippen LogP contribution in [0.15, 0.2) is 12.3 Å². The molecule has 0 fully saturated rings. The summed E-state index contributed by atoms with van der Waals surface area (Å²) in [5.41, 5.74) is -1.52. The zero-order chi connectivity index (χ0) is 14.6. The molecule has 2 N–H and O–H groups in total. The highest BCUT2D eigenvalue weighted by atomic mass is 16.6. The largest absolute Gasteiger partial charge is 0.481 e. The third-order valence-electron chi connectivity index (χ3n) is 2.28. The Kier molecular flexibility index (Phi) is 4.01. The van der Waals surface area contributed by atoms with Crippen LogP contribution in [0.4, 0.5) is 11.5 Å². The van der Waals surface area contributed by atoms with Gasteiger partial charge in [-0.25, -0.2) is 4.98 Å². The summed E-state index contributed by atoms with van der Waals surface area (Å²) in [6.07, 6.45) is 1.01. The number of aliphatic carboxylic acids is 1. The van der Waals surface area contributed by atoms with Gasteiger partial charge in [-0.05, 0) is 19.9 Å². The topological polar surface area (TPSA) is 129 Å². The average Bonchev–Trinajstić information content (AvgIpc) is 2.25. The summed E-state index contributed by atoms with van der Waals surface area (Å²) in [4.78, 5) is 24.8. The SMILES string of the molecule is CC(C)(CC(=O)O)Nc1nccc(C#N)c1[N+](=O)[O-]. The fraction of sp³-hybridized carbons (Fsp3) is 0.364. The fourth-order valence-electron chi connectivity index (χ4n) is 1.56. The molecule has 0 unspecified atom stereocenters. The molecule has 0 saturated heterocycles. The van der Waals surface area contributed by atoms with Gasteiger partial charge < -0.3 is 10.4 Å². The Morgan fingerprint density at radius 3 is 2.79 bits per heavy atom. The molecule has 0 aliphatic heterocycles. The molecule has 0 atom stereocenters. The monoisotopic (exact) mass is 264 g/mol. The van der Waals surface area contributed by atoms with E-state index in [-0.39, 0.29) is 17.8 Å². The molecule has 1 aromatic rings. The highest BCUT2D eigenvalue weighted by Crippen LogP contribution is 2.28. The number of anilines is 1. The third kappa shape index (κ3) is 3.64. The van der Waals surface area contributed by atoms with Gasteiger partial charge in [0.25, 0.3) is 0 Å². The smallest absolute Gasteiger partial charge is 0.328 e. The van der Waals surface area contributed by atoms with Crippen molar-refractivity contribution in [2.24, 2.45) is 0 Å². The molecule has 0 aliphatic rings. The molecule has 0 amide bonds. The van der Waals surface area contributed by atoms with Crippen molar-refractivity contribution in [1.82, 2.24) is 4.98 Å². The highest BCUT2D eigenvalue weighted by Gasteiger charge is 2.28. The second-order valence-electron chi connectivity index (χ2n) is 4.50. The minimum atomic E-state index is -1.04. The third-order valence-corrected chi connectivity index (χ3v) is 2.28. The molecule has 0 aliphatic carbocycles. The van der Waals surface area contributed by atoms with Crippen LogP contribution in [-0.4, -0.2) is 26.5 Å². The summed E-state index contributed by atoms with van der Waals surface area (Å²) in [6, 6.07) is 2.94. The van der Waals surface area contributed by atoms with Gasteiger partial charge in [-0.3, -0.25) is 14.9 Å². The van der Waals surface area contributed by atoms with Gasteiger partial charge in [-0.15, -0.1) is 0 Å². The van der Waals surface area contributed by atoms with Crippen LogP contribution in [0.5, 0.6) is 0 Å². The van der Waals surface area contributed by atoms with Crippen LogP contribution in [0.2, 0.25) is 0 Å². The van der Waals surface area contributed by atoms with Gasteiger partial charge >= 0.3 is 11.7 Å². The number of pyridine rings is 1. The Morgan fingerprint density at radius 1 is 1.68 bits per heavy atom. The second kappa shape index (κ2) is 5.30. The van der Waals surface area contributed by atoms with Crippen LogP contribution >= 0.6 is 0 Å². The van der Waals surface area contributed by atoms with Crippen LogP contribution in [0.25, 0.3) is 0 Å². The molecule has 0 aromatic carbocycles. The number of aromatic nitrogens is 1. The van der Waals surface area contributed by atoms with E-state index in [2.05, 4.69) is 10.3 Å².